The quantitative estimate of drug-likeness (QED) is 0.479. The van der Waals surface area contributed by atoms with Crippen molar-refractivity contribution in [3.05, 3.63) is 22.7 Å². The van der Waals surface area contributed by atoms with Crippen LogP contribution in [0.1, 0.15) is 12.0 Å². The van der Waals surface area contributed by atoms with E-state index in [0.717, 1.165) is 5.56 Å². The van der Waals surface area contributed by atoms with Gasteiger partial charge in [-0.25, -0.2) is 0 Å². The summed E-state index contributed by atoms with van der Waals surface area (Å²) in [6.07, 6.45) is -3.99. The Balaban J connectivity index is 2.45. The lowest BCUT2D eigenvalue weighted by atomic mass is 10.2. The molecule has 0 aliphatic heterocycles. The van der Waals surface area contributed by atoms with Crippen LogP contribution in [0.5, 0.6) is 11.5 Å². The fourth-order valence-electron chi connectivity index (χ4n) is 1.51. The monoisotopic (exact) mass is 390 g/mol. The summed E-state index contributed by atoms with van der Waals surface area (Å²) in [6.45, 7) is -1.11. The van der Waals surface area contributed by atoms with Gasteiger partial charge in [0.15, 0.2) is 11.5 Å². The molecule has 1 aromatic rings. The Hall–Kier alpha value is -0.660. The van der Waals surface area contributed by atoms with E-state index in [-0.39, 0.29) is 13.2 Å². The molecule has 0 fully saturated rings. The fraction of sp³-hybridized carbons (Fsp3) is 0.538. The maximum atomic E-state index is 11.9. The summed E-state index contributed by atoms with van der Waals surface area (Å²) in [6, 6.07) is 3.50. The van der Waals surface area contributed by atoms with Crippen molar-refractivity contribution in [1.82, 2.24) is 0 Å². The molecule has 0 N–H and O–H groups in total. The van der Waals surface area contributed by atoms with E-state index in [1.165, 1.54) is 7.11 Å². The summed E-state index contributed by atoms with van der Waals surface area (Å²) in [5, 5.41) is 1.01. The summed E-state index contributed by atoms with van der Waals surface area (Å²) in [5.74, 6) is 0.854. The number of hydrogen-bond donors (Lipinski definition) is 0. The van der Waals surface area contributed by atoms with Gasteiger partial charge in [-0.2, -0.15) is 13.2 Å². The number of ether oxygens (including phenoxy) is 3. The number of methoxy groups -OCH3 is 1. The predicted octanol–water partition coefficient (Wildman–Crippen LogP) is 4.59. The minimum atomic E-state index is -4.31. The SMILES string of the molecule is COc1cc(CBr)cc(Cl)c1OCCCOCC(F)(F)F. The van der Waals surface area contributed by atoms with Crippen molar-refractivity contribution in [1.29, 1.82) is 0 Å². The van der Waals surface area contributed by atoms with Gasteiger partial charge >= 0.3 is 6.18 Å². The first-order chi connectivity index (χ1) is 9.87. The molecule has 0 aromatic heterocycles. The molecule has 1 aromatic carbocycles. The highest BCUT2D eigenvalue weighted by molar-refractivity contribution is 9.08. The summed E-state index contributed by atoms with van der Waals surface area (Å²) >= 11 is 9.40. The van der Waals surface area contributed by atoms with Gasteiger partial charge in [-0.15, -0.1) is 0 Å². The first kappa shape index (κ1) is 18.4. The number of halogens is 5. The third-order valence-electron chi connectivity index (χ3n) is 2.39. The molecule has 0 unspecified atom stereocenters. The Kier molecular flexibility index (Phi) is 7.62. The van der Waals surface area contributed by atoms with Gasteiger partial charge < -0.3 is 14.2 Å². The molecule has 0 radical (unpaired) electrons. The highest BCUT2D eigenvalue weighted by Crippen LogP contribution is 2.37. The molecule has 0 spiro atoms. The summed E-state index contributed by atoms with van der Waals surface area (Å²) in [7, 11) is 1.49. The molecule has 0 atom stereocenters. The van der Waals surface area contributed by atoms with Crippen LogP contribution in [-0.4, -0.2) is 33.1 Å². The second-order valence-electron chi connectivity index (χ2n) is 4.11. The fourth-order valence-corrected chi connectivity index (χ4v) is 2.13. The second kappa shape index (κ2) is 8.70. The van der Waals surface area contributed by atoms with E-state index < -0.39 is 12.8 Å². The lowest BCUT2D eigenvalue weighted by Crippen LogP contribution is -2.18. The summed E-state index contributed by atoms with van der Waals surface area (Å²) in [4.78, 5) is 0. The average Bonchev–Trinajstić information content (AvgIpc) is 2.42. The highest BCUT2D eigenvalue weighted by atomic mass is 79.9. The number of benzene rings is 1. The van der Waals surface area contributed by atoms with Crippen molar-refractivity contribution >= 4 is 27.5 Å². The molecule has 21 heavy (non-hydrogen) atoms. The summed E-state index contributed by atoms with van der Waals surface area (Å²) in [5.41, 5.74) is 0.928. The van der Waals surface area contributed by atoms with Crippen LogP contribution in [0, 0.1) is 0 Å². The molecule has 0 bridgehead atoms. The summed E-state index contributed by atoms with van der Waals surface area (Å²) < 4.78 is 50.7. The molecular weight excluding hydrogens is 376 g/mol. The van der Waals surface area contributed by atoms with Crippen LogP contribution >= 0.6 is 27.5 Å². The Labute approximate surface area is 134 Å². The molecule has 0 saturated heterocycles. The van der Waals surface area contributed by atoms with Crippen LogP contribution in [0.3, 0.4) is 0 Å². The lowest BCUT2D eigenvalue weighted by molar-refractivity contribution is -0.174. The smallest absolute Gasteiger partial charge is 0.411 e. The normalized spacial score (nSPS) is 11.5. The molecule has 1 rings (SSSR count). The molecule has 0 aliphatic rings. The van der Waals surface area contributed by atoms with Crippen molar-refractivity contribution < 1.29 is 27.4 Å². The zero-order valence-corrected chi connectivity index (χ0v) is 13.6. The van der Waals surface area contributed by atoms with Crippen molar-refractivity contribution in [3.8, 4) is 11.5 Å². The zero-order chi connectivity index (χ0) is 15.9. The zero-order valence-electron chi connectivity index (χ0n) is 11.3. The molecule has 0 saturated carbocycles. The Bertz CT molecular complexity index is 455. The van der Waals surface area contributed by atoms with E-state index in [9.17, 15) is 13.2 Å². The van der Waals surface area contributed by atoms with Crippen LogP contribution in [-0.2, 0) is 10.1 Å². The van der Waals surface area contributed by atoms with Gasteiger partial charge in [-0.1, -0.05) is 27.5 Å². The Morgan fingerprint density at radius 1 is 1.24 bits per heavy atom. The van der Waals surface area contributed by atoms with Crippen molar-refractivity contribution in [2.24, 2.45) is 0 Å². The van der Waals surface area contributed by atoms with Crippen LogP contribution in [0.2, 0.25) is 5.02 Å². The lowest BCUT2D eigenvalue weighted by Gasteiger charge is -2.14. The molecule has 3 nitrogen and oxygen atoms in total. The maximum Gasteiger partial charge on any atom is 0.411 e. The van der Waals surface area contributed by atoms with E-state index in [4.69, 9.17) is 21.1 Å². The van der Waals surface area contributed by atoms with E-state index >= 15 is 0 Å². The van der Waals surface area contributed by atoms with Crippen LogP contribution in [0.4, 0.5) is 13.2 Å². The Morgan fingerprint density at radius 2 is 1.95 bits per heavy atom. The van der Waals surface area contributed by atoms with Gasteiger partial charge in [0, 0.05) is 11.8 Å². The van der Waals surface area contributed by atoms with E-state index in [1.54, 1.807) is 12.1 Å². The minimum absolute atomic E-state index is 0.0427. The van der Waals surface area contributed by atoms with Gasteiger partial charge in [0.1, 0.15) is 6.61 Å². The van der Waals surface area contributed by atoms with Crippen molar-refractivity contribution in [2.45, 2.75) is 17.9 Å². The first-order valence-corrected chi connectivity index (χ1v) is 7.57. The van der Waals surface area contributed by atoms with Gasteiger partial charge in [0.05, 0.1) is 25.3 Å². The van der Waals surface area contributed by atoms with Gasteiger partial charge in [0.2, 0.25) is 0 Å². The standard InChI is InChI=1S/C13H15BrClF3O3/c1-19-11-6-9(7-14)5-10(15)12(11)21-4-2-3-20-8-13(16,17)18/h5-6H,2-4,7-8H2,1H3. The van der Waals surface area contributed by atoms with Gasteiger partial charge in [-0.3, -0.25) is 0 Å². The van der Waals surface area contributed by atoms with Gasteiger partial charge in [0.25, 0.3) is 0 Å². The Morgan fingerprint density at radius 3 is 2.52 bits per heavy atom. The molecule has 0 amide bonds. The molecule has 0 aliphatic carbocycles. The van der Waals surface area contributed by atoms with E-state index in [1.807, 2.05) is 0 Å². The largest absolute Gasteiger partial charge is 0.493 e. The molecular formula is C13H15BrClF3O3. The molecule has 120 valence electrons. The average molecular weight is 392 g/mol. The molecule has 8 heteroatoms. The second-order valence-corrected chi connectivity index (χ2v) is 5.08. The predicted molar refractivity (Wildman–Crippen MR) is 77.6 cm³/mol. The van der Waals surface area contributed by atoms with E-state index in [0.29, 0.717) is 28.3 Å². The van der Waals surface area contributed by atoms with Crippen LogP contribution in [0.25, 0.3) is 0 Å². The minimum Gasteiger partial charge on any atom is -0.493 e. The van der Waals surface area contributed by atoms with Gasteiger partial charge in [-0.05, 0) is 17.7 Å². The molecule has 0 heterocycles. The van der Waals surface area contributed by atoms with E-state index in [2.05, 4.69) is 20.7 Å². The van der Waals surface area contributed by atoms with Crippen LogP contribution < -0.4 is 9.47 Å². The van der Waals surface area contributed by atoms with Crippen LogP contribution in [0.15, 0.2) is 12.1 Å². The topological polar surface area (TPSA) is 27.7 Å². The highest BCUT2D eigenvalue weighted by Gasteiger charge is 2.27. The van der Waals surface area contributed by atoms with Crippen molar-refractivity contribution in [2.75, 3.05) is 26.9 Å². The third-order valence-corrected chi connectivity index (χ3v) is 3.32. The number of rotatable bonds is 8. The van der Waals surface area contributed by atoms with Crippen molar-refractivity contribution in [3.63, 3.8) is 0 Å². The maximum absolute atomic E-state index is 11.9. The number of hydrogen-bond acceptors (Lipinski definition) is 3. The third kappa shape index (κ3) is 6.76. The number of alkyl halides is 4. The first-order valence-electron chi connectivity index (χ1n) is 6.07.